The van der Waals surface area contributed by atoms with E-state index < -0.39 is 12.7 Å². The van der Waals surface area contributed by atoms with Crippen LogP contribution in [0.2, 0.25) is 0 Å². The van der Waals surface area contributed by atoms with Crippen LogP contribution in [0.4, 0.5) is 8.78 Å². The molecule has 0 spiro atoms. The zero-order chi connectivity index (χ0) is 13.8. The molecule has 0 saturated carbocycles. The number of nitrogens with zero attached hydrogens (tertiary/aromatic N) is 2. The van der Waals surface area contributed by atoms with Gasteiger partial charge in [0.25, 0.3) is 5.89 Å². The number of benzene rings is 1. The van der Waals surface area contributed by atoms with Gasteiger partial charge in [0.15, 0.2) is 5.82 Å². The zero-order valence-corrected chi connectivity index (χ0v) is 9.66. The molecule has 1 heterocycles. The van der Waals surface area contributed by atoms with E-state index >= 15 is 0 Å². The van der Waals surface area contributed by atoms with Crippen LogP contribution in [0.25, 0.3) is 11.5 Å². The number of rotatable bonds is 5. The number of alkyl halides is 2. The summed E-state index contributed by atoms with van der Waals surface area (Å²) in [5.41, 5.74) is 5.75. The number of ether oxygens (including phenoxy) is 1. The molecule has 1 aromatic heterocycles. The normalized spacial score (nSPS) is 12.7. The highest BCUT2D eigenvalue weighted by atomic mass is 19.3. The summed E-state index contributed by atoms with van der Waals surface area (Å²) in [6, 6.07) is 5.22. The maximum Gasteiger partial charge on any atom is 0.387 e. The van der Waals surface area contributed by atoms with Crippen LogP contribution in [0.1, 0.15) is 11.9 Å². The topological polar surface area (TPSA) is 94.4 Å². The van der Waals surface area contributed by atoms with Crippen molar-refractivity contribution in [3.63, 3.8) is 0 Å². The minimum absolute atomic E-state index is 0.00449. The minimum Gasteiger partial charge on any atom is -0.434 e. The molecule has 0 amide bonds. The van der Waals surface area contributed by atoms with E-state index in [9.17, 15) is 8.78 Å². The van der Waals surface area contributed by atoms with Crippen LogP contribution in [0, 0.1) is 0 Å². The first kappa shape index (κ1) is 13.4. The Morgan fingerprint density at radius 2 is 2.11 bits per heavy atom. The highest BCUT2D eigenvalue weighted by molar-refractivity contribution is 5.62. The van der Waals surface area contributed by atoms with Crippen LogP contribution < -0.4 is 10.5 Å². The maximum atomic E-state index is 12.3. The van der Waals surface area contributed by atoms with Gasteiger partial charge in [-0.15, -0.1) is 0 Å². The smallest absolute Gasteiger partial charge is 0.387 e. The zero-order valence-electron chi connectivity index (χ0n) is 9.66. The van der Waals surface area contributed by atoms with Crippen LogP contribution in [-0.4, -0.2) is 28.5 Å². The van der Waals surface area contributed by atoms with E-state index in [0.717, 1.165) is 0 Å². The fraction of sp³-hybridized carbons (Fsp3) is 0.273. The lowest BCUT2D eigenvalue weighted by Gasteiger charge is -2.07. The standard InChI is InChI=1S/C11H11F2N3O3/c12-11(13)18-8-4-2-1-3-6(8)10-15-9(16-19-10)7(14)5-17/h1-4,7,11,17H,5,14H2. The van der Waals surface area contributed by atoms with Gasteiger partial charge in [-0.3, -0.25) is 0 Å². The lowest BCUT2D eigenvalue weighted by molar-refractivity contribution is -0.0495. The Morgan fingerprint density at radius 3 is 2.79 bits per heavy atom. The number of aliphatic hydroxyl groups is 1. The van der Waals surface area contributed by atoms with Gasteiger partial charge in [-0.1, -0.05) is 17.3 Å². The quantitative estimate of drug-likeness (QED) is 0.852. The molecule has 1 atom stereocenters. The van der Waals surface area contributed by atoms with Gasteiger partial charge in [-0.2, -0.15) is 13.8 Å². The number of hydrogen-bond donors (Lipinski definition) is 2. The fourth-order valence-electron chi connectivity index (χ4n) is 1.42. The third-order valence-electron chi connectivity index (χ3n) is 2.30. The number of aliphatic hydroxyl groups excluding tert-OH is 1. The van der Waals surface area contributed by atoms with Gasteiger partial charge in [-0.05, 0) is 12.1 Å². The molecule has 2 rings (SSSR count). The average Bonchev–Trinajstić information content (AvgIpc) is 2.87. The molecule has 0 radical (unpaired) electrons. The highest BCUT2D eigenvalue weighted by Gasteiger charge is 2.18. The van der Waals surface area contributed by atoms with E-state index in [4.69, 9.17) is 15.4 Å². The summed E-state index contributed by atoms with van der Waals surface area (Å²) in [5, 5.41) is 12.4. The maximum absolute atomic E-state index is 12.3. The molecule has 2 aromatic rings. The van der Waals surface area contributed by atoms with Gasteiger partial charge in [0.1, 0.15) is 5.75 Å². The molecule has 102 valence electrons. The number of para-hydroxylation sites is 1. The Kier molecular flexibility index (Phi) is 4.03. The van der Waals surface area contributed by atoms with Gasteiger partial charge < -0.3 is 20.1 Å². The predicted molar refractivity (Wildman–Crippen MR) is 60.4 cm³/mol. The van der Waals surface area contributed by atoms with E-state index in [-0.39, 0.29) is 29.6 Å². The van der Waals surface area contributed by atoms with E-state index in [1.54, 1.807) is 6.07 Å². The molecular formula is C11H11F2N3O3. The van der Waals surface area contributed by atoms with Gasteiger partial charge in [0.05, 0.1) is 18.2 Å². The molecule has 6 nitrogen and oxygen atoms in total. The number of nitrogens with two attached hydrogens (primary N) is 1. The molecule has 1 aromatic carbocycles. The highest BCUT2D eigenvalue weighted by Crippen LogP contribution is 2.30. The second kappa shape index (κ2) is 5.72. The first-order chi connectivity index (χ1) is 9.11. The summed E-state index contributed by atoms with van der Waals surface area (Å²) in [7, 11) is 0. The summed E-state index contributed by atoms with van der Waals surface area (Å²) in [5.74, 6) is 0.00442. The van der Waals surface area contributed by atoms with Crippen LogP contribution in [0.3, 0.4) is 0 Å². The molecule has 19 heavy (non-hydrogen) atoms. The number of halogens is 2. The van der Waals surface area contributed by atoms with E-state index in [1.165, 1.54) is 18.2 Å². The minimum atomic E-state index is -2.96. The first-order valence-corrected chi connectivity index (χ1v) is 5.36. The van der Waals surface area contributed by atoms with Crippen LogP contribution >= 0.6 is 0 Å². The van der Waals surface area contributed by atoms with Crippen LogP contribution in [0.15, 0.2) is 28.8 Å². The van der Waals surface area contributed by atoms with Crippen molar-refractivity contribution in [2.75, 3.05) is 6.61 Å². The van der Waals surface area contributed by atoms with Crippen molar-refractivity contribution in [2.45, 2.75) is 12.7 Å². The summed E-state index contributed by atoms with van der Waals surface area (Å²) in [6.45, 7) is -3.31. The van der Waals surface area contributed by atoms with Gasteiger partial charge in [-0.25, -0.2) is 0 Å². The molecule has 3 N–H and O–H groups in total. The molecule has 0 aliphatic heterocycles. The first-order valence-electron chi connectivity index (χ1n) is 5.36. The predicted octanol–water partition coefficient (Wildman–Crippen LogP) is 1.33. The summed E-state index contributed by atoms with van der Waals surface area (Å²) in [4.78, 5) is 3.93. The van der Waals surface area contributed by atoms with E-state index in [0.29, 0.717) is 0 Å². The van der Waals surface area contributed by atoms with Crippen LogP contribution in [0.5, 0.6) is 5.75 Å². The summed E-state index contributed by atoms with van der Waals surface area (Å²) >= 11 is 0. The third kappa shape index (κ3) is 3.04. The Hall–Kier alpha value is -2.06. The van der Waals surface area contributed by atoms with Crippen molar-refractivity contribution >= 4 is 0 Å². The Balaban J connectivity index is 2.33. The summed E-state index contributed by atoms with van der Waals surface area (Å²) in [6.07, 6.45) is 0. The second-order valence-electron chi connectivity index (χ2n) is 3.62. The van der Waals surface area contributed by atoms with Crippen molar-refractivity contribution in [1.82, 2.24) is 10.1 Å². The molecular weight excluding hydrogens is 260 g/mol. The molecule has 0 fully saturated rings. The van der Waals surface area contributed by atoms with Crippen LogP contribution in [-0.2, 0) is 0 Å². The molecule has 1 unspecified atom stereocenters. The monoisotopic (exact) mass is 271 g/mol. The fourth-order valence-corrected chi connectivity index (χ4v) is 1.42. The van der Waals surface area contributed by atoms with Crippen molar-refractivity contribution < 1.29 is 23.1 Å². The van der Waals surface area contributed by atoms with Gasteiger partial charge in [0.2, 0.25) is 0 Å². The Labute approximate surface area is 106 Å². The Morgan fingerprint density at radius 1 is 1.37 bits per heavy atom. The summed E-state index contributed by atoms with van der Waals surface area (Å²) < 4.78 is 33.8. The van der Waals surface area contributed by atoms with Gasteiger partial charge in [0, 0.05) is 0 Å². The third-order valence-corrected chi connectivity index (χ3v) is 2.30. The number of hydrogen-bond acceptors (Lipinski definition) is 6. The second-order valence-corrected chi connectivity index (χ2v) is 3.62. The number of aromatic nitrogens is 2. The van der Waals surface area contributed by atoms with Crippen molar-refractivity contribution in [3.05, 3.63) is 30.1 Å². The lowest BCUT2D eigenvalue weighted by Crippen LogP contribution is -2.15. The van der Waals surface area contributed by atoms with E-state index in [1.807, 2.05) is 0 Å². The SMILES string of the molecule is NC(CO)c1noc(-c2ccccc2OC(F)F)n1. The average molecular weight is 271 g/mol. The largest absolute Gasteiger partial charge is 0.434 e. The molecule has 0 bridgehead atoms. The Bertz CT molecular complexity index is 547. The molecule has 0 aliphatic carbocycles. The van der Waals surface area contributed by atoms with E-state index in [2.05, 4.69) is 14.9 Å². The van der Waals surface area contributed by atoms with Crippen molar-refractivity contribution in [2.24, 2.45) is 5.73 Å². The molecule has 0 aliphatic rings. The van der Waals surface area contributed by atoms with Gasteiger partial charge >= 0.3 is 6.61 Å². The lowest BCUT2D eigenvalue weighted by atomic mass is 10.2. The molecule has 8 heteroatoms. The van der Waals surface area contributed by atoms with Crippen molar-refractivity contribution in [3.8, 4) is 17.2 Å². The molecule has 0 saturated heterocycles. The van der Waals surface area contributed by atoms with Crippen molar-refractivity contribution in [1.29, 1.82) is 0 Å².